The molecule has 1 aliphatic carbocycles. The molecule has 2 aromatic rings. The summed E-state index contributed by atoms with van der Waals surface area (Å²) in [5.41, 5.74) is 7.40. The molecule has 31 heavy (non-hydrogen) atoms. The van der Waals surface area contributed by atoms with Crippen molar-refractivity contribution in [3.63, 3.8) is 0 Å². The number of aryl methyl sites for hydroxylation is 1. The van der Waals surface area contributed by atoms with Crippen molar-refractivity contribution in [2.45, 2.75) is 35.6 Å². The van der Waals surface area contributed by atoms with Gasteiger partial charge < -0.3 is 21.7 Å². The minimum atomic E-state index is -1.90. The van der Waals surface area contributed by atoms with Gasteiger partial charge >= 0.3 is 0 Å². The lowest BCUT2D eigenvalue weighted by Gasteiger charge is -2.27. The zero-order chi connectivity index (χ0) is 22.8. The number of thiophene rings is 1. The Labute approximate surface area is 212 Å². The minimum Gasteiger partial charge on any atom is -0.365 e. The van der Waals surface area contributed by atoms with Crippen molar-refractivity contribution >= 4 is 96.2 Å². The summed E-state index contributed by atoms with van der Waals surface area (Å²) in [5, 5.41) is 9.02. The lowest BCUT2D eigenvalue weighted by molar-refractivity contribution is 0.0933. The summed E-state index contributed by atoms with van der Waals surface area (Å²) in [5.74, 6) is -0.977. The fourth-order valence-corrected chi connectivity index (χ4v) is 5.38. The van der Waals surface area contributed by atoms with Gasteiger partial charge in [0.1, 0.15) is 11.2 Å². The predicted molar refractivity (Wildman–Crippen MR) is 135 cm³/mol. The van der Waals surface area contributed by atoms with Crippen molar-refractivity contribution in [2.75, 3.05) is 5.32 Å². The van der Waals surface area contributed by atoms with Gasteiger partial charge in [0.05, 0.1) is 5.56 Å². The number of carbonyl (C=O) groups is 2. The van der Waals surface area contributed by atoms with Gasteiger partial charge in [-0.2, -0.15) is 0 Å². The molecule has 0 fully saturated rings. The van der Waals surface area contributed by atoms with E-state index in [1.807, 2.05) is 0 Å². The van der Waals surface area contributed by atoms with Crippen molar-refractivity contribution in [1.82, 2.24) is 10.6 Å². The minimum absolute atomic E-state index is 0.0773. The average Bonchev–Trinajstić information content (AvgIpc) is 3.05. The van der Waals surface area contributed by atoms with E-state index >= 15 is 0 Å². The number of rotatable bonds is 5. The van der Waals surface area contributed by atoms with E-state index < -0.39 is 21.8 Å². The Hall–Kier alpha value is -1.10. The van der Waals surface area contributed by atoms with Crippen LogP contribution in [0.4, 0.5) is 5.00 Å². The number of hydrogen-bond donors (Lipinski definition) is 4. The Morgan fingerprint density at radius 1 is 1.13 bits per heavy atom. The number of amides is 2. The number of carbonyl (C=O) groups excluding carboxylic acids is 2. The number of anilines is 1. The molecule has 1 heterocycles. The third kappa shape index (κ3) is 6.24. The molecule has 0 aliphatic heterocycles. The second kappa shape index (κ2) is 10.2. The second-order valence-corrected chi connectivity index (χ2v) is 11.6. The molecule has 1 aromatic carbocycles. The van der Waals surface area contributed by atoms with Gasteiger partial charge in [0.2, 0.25) is 3.79 Å². The maximum Gasteiger partial charge on any atom is 0.252 e. The summed E-state index contributed by atoms with van der Waals surface area (Å²) in [6.07, 6.45) is 2.61. The van der Waals surface area contributed by atoms with Gasteiger partial charge in [0.15, 0.2) is 5.11 Å². The quantitative estimate of drug-likeness (QED) is 0.228. The highest BCUT2D eigenvalue weighted by molar-refractivity contribution is 9.10. The van der Waals surface area contributed by atoms with E-state index in [4.69, 9.17) is 52.8 Å². The number of halogens is 4. The molecule has 166 valence electrons. The Bertz CT molecular complexity index is 1010. The smallest absolute Gasteiger partial charge is 0.252 e. The van der Waals surface area contributed by atoms with Crippen LogP contribution < -0.4 is 21.7 Å². The molecular weight excluding hydrogens is 567 g/mol. The van der Waals surface area contributed by atoms with Crippen LogP contribution in [0, 0.1) is 0 Å². The van der Waals surface area contributed by atoms with Crippen LogP contribution in [-0.2, 0) is 12.8 Å². The van der Waals surface area contributed by atoms with Crippen molar-refractivity contribution in [1.29, 1.82) is 0 Å². The number of nitrogens with two attached hydrogens (primary N) is 1. The lowest BCUT2D eigenvalue weighted by Crippen LogP contribution is -2.56. The first-order valence-electron chi connectivity index (χ1n) is 9.21. The zero-order valence-corrected chi connectivity index (χ0v) is 21.4. The number of benzene rings is 1. The van der Waals surface area contributed by atoms with Crippen LogP contribution in [0.3, 0.4) is 0 Å². The van der Waals surface area contributed by atoms with Crippen LogP contribution >= 0.6 is 74.3 Å². The van der Waals surface area contributed by atoms with Crippen molar-refractivity contribution in [3.8, 4) is 0 Å². The van der Waals surface area contributed by atoms with Crippen LogP contribution in [0.2, 0.25) is 0 Å². The molecule has 0 radical (unpaired) electrons. The normalized spacial score (nSPS) is 14.3. The van der Waals surface area contributed by atoms with E-state index in [1.165, 1.54) is 11.3 Å². The molecule has 1 atom stereocenters. The summed E-state index contributed by atoms with van der Waals surface area (Å²) >= 11 is 28.3. The molecule has 0 unspecified atom stereocenters. The lowest BCUT2D eigenvalue weighted by atomic mass is 9.95. The molecule has 0 bridgehead atoms. The molecule has 2 amide bonds. The Morgan fingerprint density at radius 2 is 1.77 bits per heavy atom. The molecule has 1 aliphatic rings. The molecule has 12 heteroatoms. The Kier molecular flexibility index (Phi) is 8.10. The zero-order valence-electron chi connectivity index (χ0n) is 15.9. The first-order chi connectivity index (χ1) is 14.6. The molecule has 1 aromatic heterocycles. The summed E-state index contributed by atoms with van der Waals surface area (Å²) < 4.78 is -1.08. The number of primary amides is 1. The molecule has 6 nitrogen and oxygen atoms in total. The van der Waals surface area contributed by atoms with Crippen LogP contribution in [-0.4, -0.2) is 26.9 Å². The molecule has 0 spiro atoms. The SMILES string of the molecule is NC(=O)c1c(NC(=S)N[C@H](NC(=O)c2ccc(Br)cc2)C(Cl)(Cl)Cl)sc2c1CCCC2. The maximum atomic E-state index is 12.6. The van der Waals surface area contributed by atoms with Gasteiger partial charge in [-0.3, -0.25) is 9.59 Å². The van der Waals surface area contributed by atoms with Crippen molar-refractivity contribution in [3.05, 3.63) is 50.3 Å². The fourth-order valence-electron chi connectivity index (χ4n) is 3.20. The van der Waals surface area contributed by atoms with Gasteiger partial charge in [0.25, 0.3) is 11.8 Å². The summed E-state index contributed by atoms with van der Waals surface area (Å²) in [4.78, 5) is 25.7. The summed E-state index contributed by atoms with van der Waals surface area (Å²) in [7, 11) is 0. The highest BCUT2D eigenvalue weighted by Gasteiger charge is 2.35. The number of nitrogens with one attached hydrogen (secondary N) is 3. The second-order valence-electron chi connectivity index (χ2n) is 6.83. The fraction of sp³-hybridized carbons (Fsp3) is 0.316. The van der Waals surface area contributed by atoms with Crippen LogP contribution in [0.1, 0.15) is 44.0 Å². The van der Waals surface area contributed by atoms with Gasteiger partial charge in [-0.25, -0.2) is 0 Å². The largest absolute Gasteiger partial charge is 0.365 e. The first-order valence-corrected chi connectivity index (χ1v) is 12.4. The van der Waals surface area contributed by atoms with Crippen molar-refractivity contribution < 1.29 is 9.59 Å². The molecule has 0 saturated carbocycles. The summed E-state index contributed by atoms with van der Waals surface area (Å²) in [6.45, 7) is 0. The Balaban J connectivity index is 1.75. The van der Waals surface area contributed by atoms with Crippen molar-refractivity contribution in [2.24, 2.45) is 5.73 Å². The van der Waals surface area contributed by atoms with E-state index in [-0.39, 0.29) is 5.11 Å². The average molecular weight is 585 g/mol. The van der Waals surface area contributed by atoms with Crippen LogP contribution in [0.25, 0.3) is 0 Å². The summed E-state index contributed by atoms with van der Waals surface area (Å²) in [6, 6.07) is 6.70. The van der Waals surface area contributed by atoms with Gasteiger partial charge in [-0.15, -0.1) is 11.3 Å². The number of alkyl halides is 3. The molecule has 3 rings (SSSR count). The molecular formula is C19H18BrCl3N4O2S2. The third-order valence-corrected chi connectivity index (χ3v) is 7.24. The van der Waals surface area contributed by atoms with Crippen LogP contribution in [0.5, 0.6) is 0 Å². The maximum absolute atomic E-state index is 12.6. The highest BCUT2D eigenvalue weighted by Crippen LogP contribution is 2.38. The van der Waals surface area contributed by atoms with Crippen LogP contribution in [0.15, 0.2) is 28.7 Å². The van der Waals surface area contributed by atoms with Gasteiger partial charge in [0, 0.05) is 14.9 Å². The number of hydrogen-bond acceptors (Lipinski definition) is 4. The van der Waals surface area contributed by atoms with E-state index in [1.54, 1.807) is 24.3 Å². The number of fused-ring (bicyclic) bond motifs is 1. The predicted octanol–water partition coefficient (Wildman–Crippen LogP) is 4.90. The third-order valence-electron chi connectivity index (χ3n) is 4.63. The molecule has 0 saturated heterocycles. The number of thiocarbonyl (C=S) groups is 1. The molecule has 5 N–H and O–H groups in total. The standard InChI is InChI=1S/C19H18BrCl3N4O2S2/c20-10-7-5-9(6-8-10)15(29)25-17(19(21,22)23)27-18(30)26-16-13(14(24)28)11-3-1-2-4-12(11)31-16/h5-8,17H,1-4H2,(H2,24,28)(H,25,29)(H2,26,27,30)/t17-/m0/s1. The van der Waals surface area contributed by atoms with Gasteiger partial charge in [-0.05, 0) is 67.7 Å². The van der Waals surface area contributed by atoms with E-state index in [0.717, 1.165) is 40.6 Å². The first kappa shape index (κ1) is 24.5. The van der Waals surface area contributed by atoms with Gasteiger partial charge in [-0.1, -0.05) is 50.7 Å². The highest BCUT2D eigenvalue weighted by atomic mass is 79.9. The van der Waals surface area contributed by atoms with E-state index in [2.05, 4.69) is 31.9 Å². The topological polar surface area (TPSA) is 96.2 Å². The monoisotopic (exact) mass is 582 g/mol. The van der Waals surface area contributed by atoms with E-state index in [0.29, 0.717) is 16.1 Å². The van der Waals surface area contributed by atoms with E-state index in [9.17, 15) is 9.59 Å². The Morgan fingerprint density at radius 3 is 2.39 bits per heavy atom.